The molecule has 2 rings (SSSR count). The van der Waals surface area contributed by atoms with Gasteiger partial charge in [-0.2, -0.15) is 17.0 Å². The second kappa shape index (κ2) is 6.27. The molecule has 1 aliphatic heterocycles. The van der Waals surface area contributed by atoms with E-state index in [0.717, 1.165) is 13.0 Å². The number of rotatable bonds is 7. The smallest absolute Gasteiger partial charge is 0.281 e. The van der Waals surface area contributed by atoms with Gasteiger partial charge < -0.3 is 5.32 Å². The van der Waals surface area contributed by atoms with Crippen LogP contribution in [0.2, 0.25) is 0 Å². The first kappa shape index (κ1) is 16.2. The van der Waals surface area contributed by atoms with E-state index in [4.69, 9.17) is 0 Å². The van der Waals surface area contributed by atoms with E-state index >= 15 is 0 Å². The molecule has 118 valence electrons. The van der Waals surface area contributed by atoms with Crippen molar-refractivity contribution in [2.24, 2.45) is 0 Å². The summed E-state index contributed by atoms with van der Waals surface area (Å²) in [7, 11) is -5.03. The maximum absolute atomic E-state index is 12.3. The molecule has 1 N–H and O–H groups in total. The van der Waals surface area contributed by atoms with Crippen LogP contribution in [0.1, 0.15) is 19.3 Å². The summed E-state index contributed by atoms with van der Waals surface area (Å²) in [6.45, 7) is 1.40. The first-order valence-electron chi connectivity index (χ1n) is 6.96. The van der Waals surface area contributed by atoms with Gasteiger partial charge >= 0.3 is 0 Å². The third kappa shape index (κ3) is 4.39. The number of hydrogen-bond donors (Lipinski definition) is 1. The molecule has 0 atom stereocenters. The van der Waals surface area contributed by atoms with Crippen LogP contribution in [0.15, 0.2) is 0 Å². The van der Waals surface area contributed by atoms with Crippen molar-refractivity contribution in [3.8, 4) is 0 Å². The van der Waals surface area contributed by atoms with Crippen molar-refractivity contribution in [2.45, 2.75) is 25.3 Å². The number of nitrogens with one attached hydrogen (secondary N) is 1. The minimum absolute atomic E-state index is 0.0648. The lowest BCUT2D eigenvalue weighted by Crippen LogP contribution is -2.49. The molecule has 0 aromatic rings. The zero-order valence-corrected chi connectivity index (χ0v) is 13.4. The molecule has 9 heteroatoms. The molecule has 1 saturated carbocycles. The summed E-state index contributed by atoms with van der Waals surface area (Å²) in [5, 5.41) is 3.34. The van der Waals surface area contributed by atoms with Crippen molar-refractivity contribution >= 4 is 20.0 Å². The van der Waals surface area contributed by atoms with Crippen molar-refractivity contribution in [3.05, 3.63) is 0 Å². The van der Waals surface area contributed by atoms with Crippen molar-refractivity contribution in [2.75, 3.05) is 44.7 Å². The van der Waals surface area contributed by atoms with Crippen LogP contribution < -0.4 is 5.32 Å². The van der Waals surface area contributed by atoms with Crippen LogP contribution in [0, 0.1) is 0 Å². The highest BCUT2D eigenvalue weighted by atomic mass is 32.2. The number of nitrogens with zero attached hydrogens (tertiary/aromatic N) is 2. The molecule has 7 nitrogen and oxygen atoms in total. The predicted molar refractivity (Wildman–Crippen MR) is 77.4 cm³/mol. The van der Waals surface area contributed by atoms with E-state index in [1.807, 2.05) is 0 Å². The first-order valence-corrected chi connectivity index (χ1v) is 10.2. The summed E-state index contributed by atoms with van der Waals surface area (Å²) in [5.74, 6) is -0.160. The zero-order chi connectivity index (χ0) is 14.8. The molecule has 1 heterocycles. The van der Waals surface area contributed by atoms with Crippen LogP contribution in [0.4, 0.5) is 0 Å². The largest absolute Gasteiger partial charge is 0.314 e. The van der Waals surface area contributed by atoms with Gasteiger partial charge in [0.05, 0.1) is 11.5 Å². The Bertz CT molecular complexity index is 514. The van der Waals surface area contributed by atoms with Gasteiger partial charge in [0.15, 0.2) is 9.84 Å². The topological polar surface area (TPSA) is 86.8 Å². The first-order chi connectivity index (χ1) is 9.31. The van der Waals surface area contributed by atoms with Crippen molar-refractivity contribution in [1.82, 2.24) is 13.9 Å². The Labute approximate surface area is 121 Å². The molecule has 0 spiro atoms. The predicted octanol–water partition coefficient (Wildman–Crippen LogP) is -0.964. The summed E-state index contributed by atoms with van der Waals surface area (Å²) in [5.41, 5.74) is 0. The summed E-state index contributed by atoms with van der Waals surface area (Å²) >= 11 is 0. The van der Waals surface area contributed by atoms with E-state index in [2.05, 4.69) is 5.32 Å². The molecule has 1 aliphatic carbocycles. The minimum atomic E-state index is -3.52. The van der Waals surface area contributed by atoms with Crippen molar-refractivity contribution in [1.29, 1.82) is 0 Å². The average molecular weight is 325 g/mol. The number of sulfone groups is 1. The lowest BCUT2D eigenvalue weighted by molar-refractivity contribution is 0.367. The van der Waals surface area contributed by atoms with E-state index in [0.29, 0.717) is 12.6 Å². The lowest BCUT2D eigenvalue weighted by Gasteiger charge is -2.30. The van der Waals surface area contributed by atoms with Gasteiger partial charge in [0.1, 0.15) is 0 Å². The van der Waals surface area contributed by atoms with Crippen LogP contribution in [-0.4, -0.2) is 76.2 Å². The molecule has 0 unspecified atom stereocenters. The molecule has 1 saturated heterocycles. The van der Waals surface area contributed by atoms with Crippen LogP contribution in [0.3, 0.4) is 0 Å². The zero-order valence-electron chi connectivity index (χ0n) is 11.8. The summed E-state index contributed by atoms with van der Waals surface area (Å²) in [4.78, 5) is 0. The van der Waals surface area contributed by atoms with Gasteiger partial charge in [-0.25, -0.2) is 8.42 Å². The second-order valence-electron chi connectivity index (χ2n) is 5.46. The van der Waals surface area contributed by atoms with Crippen molar-refractivity contribution < 1.29 is 16.8 Å². The molecular formula is C11H23N3O4S2. The molecule has 0 aromatic heterocycles. The average Bonchev–Trinajstić information content (AvgIpc) is 3.17. The Kier molecular flexibility index (Phi) is 5.06. The lowest BCUT2D eigenvalue weighted by atomic mass is 10.4. The highest BCUT2D eigenvalue weighted by Crippen LogP contribution is 2.18. The fourth-order valence-corrected chi connectivity index (χ4v) is 4.96. The summed E-state index contributed by atoms with van der Waals surface area (Å²) in [6.07, 6.45) is 3.20. The highest BCUT2D eigenvalue weighted by molar-refractivity contribution is 7.91. The number of hydrogen-bond acceptors (Lipinski definition) is 5. The van der Waals surface area contributed by atoms with E-state index in [1.165, 1.54) is 21.5 Å². The van der Waals surface area contributed by atoms with E-state index in [1.54, 1.807) is 7.05 Å². The molecule has 20 heavy (non-hydrogen) atoms. The Hall–Kier alpha value is -0.220. The van der Waals surface area contributed by atoms with Gasteiger partial charge in [-0.3, -0.25) is 0 Å². The molecule has 2 aliphatic rings. The Morgan fingerprint density at radius 2 is 1.85 bits per heavy atom. The molecule has 2 fully saturated rings. The maximum Gasteiger partial charge on any atom is 0.281 e. The third-order valence-electron chi connectivity index (χ3n) is 3.68. The van der Waals surface area contributed by atoms with E-state index in [9.17, 15) is 16.8 Å². The van der Waals surface area contributed by atoms with Gasteiger partial charge in [0.2, 0.25) is 0 Å². The van der Waals surface area contributed by atoms with Gasteiger partial charge in [-0.15, -0.1) is 0 Å². The molecule has 0 radical (unpaired) electrons. The SMILES string of the molecule is CN(CCCNC1CC1)S(=O)(=O)N1CCS(=O)(=O)CC1. The minimum Gasteiger partial charge on any atom is -0.314 e. The van der Waals surface area contributed by atoms with Gasteiger partial charge in [-0.05, 0) is 25.8 Å². The fourth-order valence-electron chi connectivity index (χ4n) is 2.13. The highest BCUT2D eigenvalue weighted by Gasteiger charge is 2.32. The monoisotopic (exact) mass is 325 g/mol. The molecule has 0 bridgehead atoms. The van der Waals surface area contributed by atoms with Crippen LogP contribution in [0.5, 0.6) is 0 Å². The summed E-state index contributed by atoms with van der Waals surface area (Å²) < 4.78 is 49.8. The maximum atomic E-state index is 12.3. The van der Waals surface area contributed by atoms with Gasteiger partial charge in [0.25, 0.3) is 10.2 Å². The molecule has 0 aromatic carbocycles. The van der Waals surface area contributed by atoms with Gasteiger partial charge in [-0.1, -0.05) is 0 Å². The standard InChI is InChI=1S/C11H23N3O4S2/c1-13(6-2-5-12-11-3-4-11)20(17,18)14-7-9-19(15,16)10-8-14/h11-12H,2-10H2,1H3. The molecule has 0 amide bonds. The van der Waals surface area contributed by atoms with E-state index in [-0.39, 0.29) is 24.6 Å². The van der Waals surface area contributed by atoms with E-state index < -0.39 is 20.0 Å². The van der Waals surface area contributed by atoms with Crippen LogP contribution in [-0.2, 0) is 20.0 Å². The van der Waals surface area contributed by atoms with Crippen LogP contribution >= 0.6 is 0 Å². The third-order valence-corrected chi connectivity index (χ3v) is 7.28. The fraction of sp³-hybridized carbons (Fsp3) is 1.00. The Balaban J connectivity index is 1.78. The molecular weight excluding hydrogens is 302 g/mol. The normalized spacial score (nSPS) is 24.1. The quantitative estimate of drug-likeness (QED) is 0.609. The summed E-state index contributed by atoms with van der Waals surface area (Å²) in [6, 6.07) is 0.629. The van der Waals surface area contributed by atoms with Crippen LogP contribution in [0.25, 0.3) is 0 Å². The Morgan fingerprint density at radius 1 is 1.25 bits per heavy atom. The van der Waals surface area contributed by atoms with Gasteiger partial charge in [0, 0.05) is 32.7 Å². The van der Waals surface area contributed by atoms with Crippen molar-refractivity contribution in [3.63, 3.8) is 0 Å². The second-order valence-corrected chi connectivity index (χ2v) is 9.80. The Morgan fingerprint density at radius 3 is 2.40 bits per heavy atom.